The second kappa shape index (κ2) is 6.33. The fourth-order valence-corrected chi connectivity index (χ4v) is 3.28. The molecule has 1 aromatic carbocycles. The van der Waals surface area contributed by atoms with Crippen LogP contribution in [0.15, 0.2) is 35.8 Å². The summed E-state index contributed by atoms with van der Waals surface area (Å²) in [5.74, 6) is -0.190. The highest BCUT2D eigenvalue weighted by atomic mass is 32.1. The zero-order valence-corrected chi connectivity index (χ0v) is 12.1. The molecule has 1 fully saturated rings. The number of benzene rings is 1. The molecule has 2 heterocycles. The van der Waals surface area contributed by atoms with Crippen molar-refractivity contribution in [1.29, 1.82) is 0 Å². The van der Waals surface area contributed by atoms with Gasteiger partial charge in [0.1, 0.15) is 10.8 Å². The number of thiazole rings is 1. The van der Waals surface area contributed by atoms with Gasteiger partial charge < -0.3 is 5.32 Å². The molecule has 3 rings (SSSR count). The number of aromatic nitrogens is 1. The van der Waals surface area contributed by atoms with E-state index in [0.717, 1.165) is 31.7 Å². The molecule has 1 aliphatic heterocycles. The van der Waals surface area contributed by atoms with Crippen LogP contribution in [0.4, 0.5) is 10.1 Å². The lowest BCUT2D eigenvalue weighted by Gasteiger charge is -2.33. The second-order valence-corrected chi connectivity index (χ2v) is 6.13. The summed E-state index contributed by atoms with van der Waals surface area (Å²) in [5.41, 5.74) is 0.993. The van der Waals surface area contributed by atoms with Crippen LogP contribution in [0.5, 0.6) is 0 Å². The van der Waals surface area contributed by atoms with E-state index >= 15 is 0 Å². The molecule has 0 bridgehead atoms. The van der Waals surface area contributed by atoms with Crippen molar-refractivity contribution in [2.24, 2.45) is 0 Å². The zero-order chi connectivity index (χ0) is 13.8. The van der Waals surface area contributed by atoms with Gasteiger partial charge in [-0.05, 0) is 43.7 Å². The third-order valence-corrected chi connectivity index (χ3v) is 4.33. The molecule has 2 aromatic rings. The van der Waals surface area contributed by atoms with Gasteiger partial charge in [-0.2, -0.15) is 0 Å². The maximum atomic E-state index is 12.9. The van der Waals surface area contributed by atoms with E-state index in [1.54, 1.807) is 23.5 Å². The van der Waals surface area contributed by atoms with E-state index in [9.17, 15) is 4.39 Å². The van der Waals surface area contributed by atoms with Gasteiger partial charge in [0.05, 0.1) is 6.54 Å². The van der Waals surface area contributed by atoms with E-state index < -0.39 is 0 Å². The van der Waals surface area contributed by atoms with Crippen molar-refractivity contribution in [3.8, 4) is 0 Å². The fraction of sp³-hybridized carbons (Fsp3) is 0.400. The zero-order valence-electron chi connectivity index (χ0n) is 11.3. The van der Waals surface area contributed by atoms with Gasteiger partial charge in [-0.3, -0.25) is 4.90 Å². The van der Waals surface area contributed by atoms with E-state index in [1.165, 1.54) is 23.6 Å². The smallest absolute Gasteiger partial charge is 0.123 e. The molecule has 0 radical (unpaired) electrons. The third kappa shape index (κ3) is 3.55. The SMILES string of the molecule is Fc1ccc(NC2CCCN(Cc3nccs3)C2)cc1. The molecular formula is C15H18FN3S. The number of nitrogens with one attached hydrogen (secondary N) is 1. The summed E-state index contributed by atoms with van der Waals surface area (Å²) >= 11 is 1.71. The molecule has 0 spiro atoms. The topological polar surface area (TPSA) is 28.2 Å². The van der Waals surface area contributed by atoms with Crippen molar-refractivity contribution < 1.29 is 4.39 Å². The number of halogens is 1. The van der Waals surface area contributed by atoms with Gasteiger partial charge >= 0.3 is 0 Å². The first-order valence-corrected chi connectivity index (χ1v) is 7.80. The lowest BCUT2D eigenvalue weighted by molar-refractivity contribution is 0.208. The molecule has 106 valence electrons. The van der Waals surface area contributed by atoms with E-state index in [-0.39, 0.29) is 5.82 Å². The van der Waals surface area contributed by atoms with Gasteiger partial charge in [0.15, 0.2) is 0 Å². The minimum atomic E-state index is -0.190. The van der Waals surface area contributed by atoms with E-state index in [0.29, 0.717) is 6.04 Å². The van der Waals surface area contributed by atoms with Gasteiger partial charge in [-0.15, -0.1) is 11.3 Å². The normalized spacial score (nSPS) is 19.9. The highest BCUT2D eigenvalue weighted by molar-refractivity contribution is 7.09. The Balaban J connectivity index is 1.56. The molecule has 0 aliphatic carbocycles. The first kappa shape index (κ1) is 13.5. The number of nitrogens with zero attached hydrogens (tertiary/aromatic N) is 2. The molecule has 0 amide bonds. The van der Waals surface area contributed by atoms with Crippen LogP contribution in [-0.2, 0) is 6.54 Å². The average Bonchev–Trinajstić information content (AvgIpc) is 2.95. The Morgan fingerprint density at radius 1 is 1.35 bits per heavy atom. The number of rotatable bonds is 4. The van der Waals surface area contributed by atoms with Crippen LogP contribution in [0.3, 0.4) is 0 Å². The van der Waals surface area contributed by atoms with Gasteiger partial charge in [0.2, 0.25) is 0 Å². The monoisotopic (exact) mass is 291 g/mol. The molecule has 3 nitrogen and oxygen atoms in total. The largest absolute Gasteiger partial charge is 0.381 e. The standard InChI is InChI=1S/C15H18FN3S/c16-12-3-5-13(6-4-12)18-14-2-1-8-19(10-14)11-15-17-7-9-20-15/h3-7,9,14,18H,1-2,8,10-11H2. The Hall–Kier alpha value is -1.46. The van der Waals surface area contributed by atoms with Crippen molar-refractivity contribution in [1.82, 2.24) is 9.88 Å². The lowest BCUT2D eigenvalue weighted by Crippen LogP contribution is -2.41. The van der Waals surface area contributed by atoms with Crippen LogP contribution in [0.2, 0.25) is 0 Å². The summed E-state index contributed by atoms with van der Waals surface area (Å²) in [7, 11) is 0. The summed E-state index contributed by atoms with van der Waals surface area (Å²) in [5, 5.41) is 6.69. The molecule has 1 aliphatic rings. The molecule has 5 heteroatoms. The Labute approximate surface area is 122 Å². The van der Waals surface area contributed by atoms with Gasteiger partial charge in [0, 0.05) is 29.9 Å². The highest BCUT2D eigenvalue weighted by Crippen LogP contribution is 2.18. The Kier molecular flexibility index (Phi) is 4.28. The van der Waals surface area contributed by atoms with Gasteiger partial charge in [0.25, 0.3) is 0 Å². The summed E-state index contributed by atoms with van der Waals surface area (Å²) in [6, 6.07) is 7.02. The van der Waals surface area contributed by atoms with Crippen molar-refractivity contribution in [2.75, 3.05) is 18.4 Å². The Morgan fingerprint density at radius 2 is 2.20 bits per heavy atom. The average molecular weight is 291 g/mol. The summed E-state index contributed by atoms with van der Waals surface area (Å²) < 4.78 is 12.9. The molecule has 20 heavy (non-hydrogen) atoms. The minimum absolute atomic E-state index is 0.190. The van der Waals surface area contributed by atoms with Crippen LogP contribution >= 0.6 is 11.3 Å². The number of likely N-dealkylation sites (tertiary alicyclic amines) is 1. The molecular weight excluding hydrogens is 273 g/mol. The third-order valence-electron chi connectivity index (χ3n) is 3.56. The molecule has 0 saturated carbocycles. The van der Waals surface area contributed by atoms with Gasteiger partial charge in [-0.1, -0.05) is 0 Å². The lowest BCUT2D eigenvalue weighted by atomic mass is 10.1. The first-order chi connectivity index (χ1) is 9.79. The van der Waals surface area contributed by atoms with Crippen molar-refractivity contribution >= 4 is 17.0 Å². The van der Waals surface area contributed by atoms with Crippen LogP contribution in [0.25, 0.3) is 0 Å². The molecule has 1 unspecified atom stereocenters. The van der Waals surface area contributed by atoms with Crippen molar-refractivity contribution in [3.63, 3.8) is 0 Å². The maximum Gasteiger partial charge on any atom is 0.123 e. The fourth-order valence-electron chi connectivity index (χ4n) is 2.62. The number of anilines is 1. The van der Waals surface area contributed by atoms with Gasteiger partial charge in [-0.25, -0.2) is 9.37 Å². The summed E-state index contributed by atoms with van der Waals surface area (Å²) in [4.78, 5) is 6.78. The van der Waals surface area contributed by atoms with Crippen LogP contribution in [0, 0.1) is 5.82 Å². The summed E-state index contributed by atoms with van der Waals surface area (Å²) in [6.07, 6.45) is 4.20. The van der Waals surface area contributed by atoms with Crippen molar-refractivity contribution in [3.05, 3.63) is 46.7 Å². The highest BCUT2D eigenvalue weighted by Gasteiger charge is 2.20. The van der Waals surface area contributed by atoms with Crippen LogP contribution in [0.1, 0.15) is 17.8 Å². The predicted molar refractivity (Wildman–Crippen MR) is 80.4 cm³/mol. The molecule has 1 saturated heterocycles. The molecule has 1 N–H and O–H groups in total. The second-order valence-electron chi connectivity index (χ2n) is 5.15. The molecule has 1 atom stereocenters. The van der Waals surface area contributed by atoms with Crippen LogP contribution < -0.4 is 5.32 Å². The van der Waals surface area contributed by atoms with E-state index in [4.69, 9.17) is 0 Å². The summed E-state index contributed by atoms with van der Waals surface area (Å²) in [6.45, 7) is 3.07. The minimum Gasteiger partial charge on any atom is -0.381 e. The maximum absolute atomic E-state index is 12.9. The number of piperidine rings is 1. The quantitative estimate of drug-likeness (QED) is 0.936. The number of hydrogen-bond acceptors (Lipinski definition) is 4. The first-order valence-electron chi connectivity index (χ1n) is 6.92. The number of hydrogen-bond donors (Lipinski definition) is 1. The van der Waals surface area contributed by atoms with E-state index in [1.807, 2.05) is 11.6 Å². The molecule has 1 aromatic heterocycles. The predicted octanol–water partition coefficient (Wildman–Crippen LogP) is 3.36. The van der Waals surface area contributed by atoms with Crippen LogP contribution in [-0.4, -0.2) is 29.0 Å². The van der Waals surface area contributed by atoms with E-state index in [2.05, 4.69) is 15.2 Å². The Bertz CT molecular complexity index is 527. The van der Waals surface area contributed by atoms with Crippen molar-refractivity contribution in [2.45, 2.75) is 25.4 Å². The Morgan fingerprint density at radius 3 is 2.95 bits per heavy atom.